The lowest BCUT2D eigenvalue weighted by atomic mass is 9.94. The molecule has 0 aliphatic carbocycles. The van der Waals surface area contributed by atoms with Crippen LogP contribution in [-0.2, 0) is 22.6 Å². The lowest BCUT2D eigenvalue weighted by Gasteiger charge is -2.28. The minimum atomic E-state index is -0.978. The molecule has 2 rings (SSSR count). The molecule has 0 saturated carbocycles. The summed E-state index contributed by atoms with van der Waals surface area (Å²) in [6.45, 7) is 4.39. The van der Waals surface area contributed by atoms with Crippen LogP contribution in [0.2, 0.25) is 0 Å². The maximum Gasteiger partial charge on any atom is 0.326 e. The molecule has 0 aromatic heterocycles. The molecule has 0 spiro atoms. The van der Waals surface area contributed by atoms with Crippen molar-refractivity contribution in [1.82, 2.24) is 10.6 Å². The van der Waals surface area contributed by atoms with Crippen LogP contribution >= 0.6 is 0 Å². The molecule has 3 N–H and O–H groups in total. The Morgan fingerprint density at radius 2 is 2.05 bits per heavy atom. The minimum Gasteiger partial charge on any atom is -0.480 e. The molecule has 3 atom stereocenters. The van der Waals surface area contributed by atoms with Crippen molar-refractivity contribution in [1.29, 1.82) is 0 Å². The average molecular weight is 290 g/mol. The fourth-order valence-corrected chi connectivity index (χ4v) is 2.58. The zero-order valence-electron chi connectivity index (χ0n) is 12.4. The predicted octanol–water partition coefficient (Wildman–Crippen LogP) is 1.32. The van der Waals surface area contributed by atoms with Crippen molar-refractivity contribution in [3.8, 4) is 0 Å². The van der Waals surface area contributed by atoms with E-state index in [-0.39, 0.29) is 17.9 Å². The molecule has 1 amide bonds. The highest BCUT2D eigenvalue weighted by Gasteiger charge is 2.30. The number of aliphatic carboxylic acids is 1. The van der Waals surface area contributed by atoms with Gasteiger partial charge in [-0.15, -0.1) is 0 Å². The number of nitrogens with one attached hydrogen (secondary N) is 2. The standard InChI is InChI=1S/C16H22N2O3/c1-3-10(2)14(16(20)21)18-15(19)13-8-11-6-4-5-7-12(11)9-17-13/h4-7,10,13-14,17H,3,8-9H2,1-2H3,(H,18,19)(H,20,21)/t10-,13-,14-/m0/s1. The first-order chi connectivity index (χ1) is 10.0. The highest BCUT2D eigenvalue weighted by atomic mass is 16.4. The van der Waals surface area contributed by atoms with Crippen molar-refractivity contribution < 1.29 is 14.7 Å². The number of hydrogen-bond acceptors (Lipinski definition) is 3. The first kappa shape index (κ1) is 15.5. The first-order valence-electron chi connectivity index (χ1n) is 7.36. The zero-order valence-corrected chi connectivity index (χ0v) is 12.4. The van der Waals surface area contributed by atoms with E-state index in [9.17, 15) is 14.7 Å². The smallest absolute Gasteiger partial charge is 0.326 e. The third-order valence-corrected chi connectivity index (χ3v) is 4.17. The van der Waals surface area contributed by atoms with Gasteiger partial charge in [-0.3, -0.25) is 4.79 Å². The fourth-order valence-electron chi connectivity index (χ4n) is 2.58. The van der Waals surface area contributed by atoms with Crippen LogP contribution in [0.5, 0.6) is 0 Å². The molecule has 114 valence electrons. The molecule has 0 radical (unpaired) electrons. The van der Waals surface area contributed by atoms with Gasteiger partial charge < -0.3 is 15.7 Å². The minimum absolute atomic E-state index is 0.0951. The van der Waals surface area contributed by atoms with E-state index in [0.717, 1.165) is 5.56 Å². The average Bonchev–Trinajstić information content (AvgIpc) is 2.50. The monoisotopic (exact) mass is 290 g/mol. The molecule has 5 heteroatoms. The van der Waals surface area contributed by atoms with Gasteiger partial charge in [-0.05, 0) is 23.5 Å². The van der Waals surface area contributed by atoms with Gasteiger partial charge in [-0.1, -0.05) is 44.5 Å². The maximum absolute atomic E-state index is 12.3. The molecule has 0 saturated heterocycles. The van der Waals surface area contributed by atoms with Gasteiger partial charge >= 0.3 is 5.97 Å². The van der Waals surface area contributed by atoms with Gasteiger partial charge in [0.05, 0.1) is 6.04 Å². The predicted molar refractivity (Wildman–Crippen MR) is 79.8 cm³/mol. The van der Waals surface area contributed by atoms with Crippen LogP contribution in [-0.4, -0.2) is 29.1 Å². The van der Waals surface area contributed by atoms with E-state index in [1.54, 1.807) is 0 Å². The van der Waals surface area contributed by atoms with Crippen molar-refractivity contribution in [2.75, 3.05) is 0 Å². The van der Waals surface area contributed by atoms with E-state index in [1.807, 2.05) is 38.1 Å². The Kier molecular flexibility index (Phi) is 4.96. The number of carboxylic acids is 1. The van der Waals surface area contributed by atoms with E-state index < -0.39 is 12.0 Å². The van der Waals surface area contributed by atoms with E-state index in [0.29, 0.717) is 19.4 Å². The Balaban J connectivity index is 2.03. The van der Waals surface area contributed by atoms with Crippen LogP contribution in [0.25, 0.3) is 0 Å². The van der Waals surface area contributed by atoms with Crippen LogP contribution in [0.15, 0.2) is 24.3 Å². The topological polar surface area (TPSA) is 78.4 Å². The number of carbonyl (C=O) groups is 2. The van der Waals surface area contributed by atoms with Crippen LogP contribution in [0.3, 0.4) is 0 Å². The highest BCUT2D eigenvalue weighted by Crippen LogP contribution is 2.17. The van der Waals surface area contributed by atoms with Gasteiger partial charge in [0.25, 0.3) is 0 Å². The summed E-state index contributed by atoms with van der Waals surface area (Å²) in [4.78, 5) is 23.6. The van der Waals surface area contributed by atoms with Crippen molar-refractivity contribution in [2.24, 2.45) is 5.92 Å². The summed E-state index contributed by atoms with van der Waals surface area (Å²) in [6, 6.07) is 6.78. The zero-order chi connectivity index (χ0) is 15.4. The number of carbonyl (C=O) groups excluding carboxylic acids is 1. The van der Waals surface area contributed by atoms with E-state index in [4.69, 9.17) is 0 Å². The summed E-state index contributed by atoms with van der Waals surface area (Å²) in [5.41, 5.74) is 2.34. The Labute approximate surface area is 124 Å². The van der Waals surface area contributed by atoms with Crippen LogP contribution in [0, 0.1) is 5.92 Å². The van der Waals surface area contributed by atoms with E-state index >= 15 is 0 Å². The summed E-state index contributed by atoms with van der Waals surface area (Å²) in [5.74, 6) is -1.31. The van der Waals surface area contributed by atoms with Gasteiger partial charge in [0.1, 0.15) is 6.04 Å². The number of benzene rings is 1. The number of hydrogen-bond donors (Lipinski definition) is 3. The van der Waals surface area contributed by atoms with Gasteiger partial charge in [-0.25, -0.2) is 4.79 Å². The molecule has 1 aliphatic heterocycles. The Morgan fingerprint density at radius 1 is 1.38 bits per heavy atom. The second kappa shape index (κ2) is 6.72. The molecule has 0 fully saturated rings. The van der Waals surface area contributed by atoms with E-state index in [1.165, 1.54) is 5.56 Å². The quantitative estimate of drug-likeness (QED) is 0.764. The second-order valence-corrected chi connectivity index (χ2v) is 5.62. The summed E-state index contributed by atoms with van der Waals surface area (Å²) in [6.07, 6.45) is 1.30. The number of fused-ring (bicyclic) bond motifs is 1. The molecule has 1 aliphatic rings. The third kappa shape index (κ3) is 3.61. The molecule has 1 aromatic rings. The Morgan fingerprint density at radius 3 is 2.67 bits per heavy atom. The molecule has 0 bridgehead atoms. The van der Waals surface area contributed by atoms with Crippen molar-refractivity contribution in [3.63, 3.8) is 0 Å². The maximum atomic E-state index is 12.3. The second-order valence-electron chi connectivity index (χ2n) is 5.62. The van der Waals surface area contributed by atoms with Crippen LogP contribution in [0.1, 0.15) is 31.4 Å². The third-order valence-electron chi connectivity index (χ3n) is 4.17. The molecule has 5 nitrogen and oxygen atoms in total. The molecule has 1 aromatic carbocycles. The van der Waals surface area contributed by atoms with Gasteiger partial charge in [0, 0.05) is 6.54 Å². The highest BCUT2D eigenvalue weighted by molar-refractivity contribution is 5.87. The van der Waals surface area contributed by atoms with Gasteiger partial charge in [-0.2, -0.15) is 0 Å². The first-order valence-corrected chi connectivity index (χ1v) is 7.36. The summed E-state index contributed by atoms with van der Waals surface area (Å²) >= 11 is 0. The largest absolute Gasteiger partial charge is 0.480 e. The van der Waals surface area contributed by atoms with E-state index in [2.05, 4.69) is 10.6 Å². The lowest BCUT2D eigenvalue weighted by molar-refractivity contribution is -0.143. The number of carboxylic acid groups (broad SMARTS) is 1. The number of amides is 1. The fraction of sp³-hybridized carbons (Fsp3) is 0.500. The molecule has 0 unspecified atom stereocenters. The van der Waals surface area contributed by atoms with Crippen molar-refractivity contribution >= 4 is 11.9 Å². The SMILES string of the molecule is CC[C@H](C)[C@H](NC(=O)[C@@H]1Cc2ccccc2CN1)C(=O)O. The van der Waals surface area contributed by atoms with Crippen molar-refractivity contribution in [2.45, 2.75) is 45.3 Å². The summed E-state index contributed by atoms with van der Waals surface area (Å²) in [5, 5.41) is 15.1. The molecular formula is C16H22N2O3. The van der Waals surface area contributed by atoms with Crippen molar-refractivity contribution in [3.05, 3.63) is 35.4 Å². The molecule has 1 heterocycles. The van der Waals surface area contributed by atoms with Crippen LogP contribution in [0.4, 0.5) is 0 Å². The Hall–Kier alpha value is -1.88. The number of rotatable bonds is 5. The summed E-state index contributed by atoms with van der Waals surface area (Å²) in [7, 11) is 0. The Bertz CT molecular complexity index is 530. The normalized spacial score (nSPS) is 20.2. The van der Waals surface area contributed by atoms with Crippen LogP contribution < -0.4 is 10.6 Å². The molecular weight excluding hydrogens is 268 g/mol. The lowest BCUT2D eigenvalue weighted by Crippen LogP contribution is -2.54. The van der Waals surface area contributed by atoms with Gasteiger partial charge in [0.15, 0.2) is 0 Å². The van der Waals surface area contributed by atoms with Gasteiger partial charge in [0.2, 0.25) is 5.91 Å². The molecule has 21 heavy (non-hydrogen) atoms. The summed E-state index contributed by atoms with van der Waals surface area (Å²) < 4.78 is 0.